The molecule has 0 aliphatic heterocycles. The Balaban J connectivity index is 1.54. The Morgan fingerprint density at radius 2 is 1.76 bits per heavy atom. The predicted molar refractivity (Wildman–Crippen MR) is 85.9 cm³/mol. The third-order valence-corrected chi connectivity index (χ3v) is 4.41. The van der Waals surface area contributed by atoms with Crippen molar-refractivity contribution in [2.24, 2.45) is 0 Å². The summed E-state index contributed by atoms with van der Waals surface area (Å²) in [6, 6.07) is 10.2. The maximum Gasteiger partial charge on any atom is 0.314 e. The molecule has 1 aliphatic carbocycles. The summed E-state index contributed by atoms with van der Waals surface area (Å²) in [6.45, 7) is 0. The summed E-state index contributed by atoms with van der Waals surface area (Å²) < 4.78 is 29.9. The third kappa shape index (κ3) is 2.95. The number of nitrogens with zero attached hydrogens (tertiary/aromatic N) is 4. The van der Waals surface area contributed by atoms with E-state index in [0.717, 1.165) is 19.3 Å². The summed E-state index contributed by atoms with van der Waals surface area (Å²) in [6.07, 6.45) is 3.31. The molecule has 1 saturated carbocycles. The van der Waals surface area contributed by atoms with Crippen molar-refractivity contribution in [1.82, 2.24) is 20.2 Å². The molecule has 6 nitrogen and oxygen atoms in total. The van der Waals surface area contributed by atoms with E-state index in [4.69, 9.17) is 4.42 Å². The van der Waals surface area contributed by atoms with Crippen LogP contribution in [0.1, 0.15) is 37.1 Å². The van der Waals surface area contributed by atoms with Crippen molar-refractivity contribution in [2.45, 2.75) is 31.2 Å². The zero-order valence-electron chi connectivity index (χ0n) is 13.2. The number of halogens is 2. The van der Waals surface area contributed by atoms with Crippen molar-refractivity contribution in [3.05, 3.63) is 54.2 Å². The lowest BCUT2D eigenvalue weighted by molar-refractivity contribution is 0.116. The van der Waals surface area contributed by atoms with Gasteiger partial charge in [-0.15, -0.1) is 10.2 Å². The Hall–Kier alpha value is -2.90. The first kappa shape index (κ1) is 15.6. The Bertz CT molecular complexity index is 847. The van der Waals surface area contributed by atoms with Gasteiger partial charge in [-0.05, 0) is 24.8 Å². The summed E-state index contributed by atoms with van der Waals surface area (Å²) in [5.74, 6) is -0.265. The van der Waals surface area contributed by atoms with Crippen LogP contribution in [0.25, 0.3) is 11.5 Å². The maximum atomic E-state index is 12.5. The molecule has 1 N–H and O–H groups in total. The number of alkyl halides is 2. The molecule has 0 amide bonds. The van der Waals surface area contributed by atoms with E-state index in [1.165, 1.54) is 18.0 Å². The Kier molecular flexibility index (Phi) is 3.87. The van der Waals surface area contributed by atoms with Gasteiger partial charge in [0.2, 0.25) is 5.95 Å². The zero-order chi connectivity index (χ0) is 17.3. The first-order valence-corrected chi connectivity index (χ1v) is 7.94. The first-order valence-electron chi connectivity index (χ1n) is 7.94. The minimum absolute atomic E-state index is 0.0248. The highest BCUT2D eigenvalue weighted by molar-refractivity contribution is 5.51. The minimum atomic E-state index is -2.80. The van der Waals surface area contributed by atoms with E-state index >= 15 is 0 Å². The number of aromatic nitrogens is 4. The van der Waals surface area contributed by atoms with E-state index in [-0.39, 0.29) is 11.4 Å². The van der Waals surface area contributed by atoms with E-state index in [9.17, 15) is 8.78 Å². The van der Waals surface area contributed by atoms with Crippen LogP contribution in [0, 0.1) is 0 Å². The van der Waals surface area contributed by atoms with Crippen LogP contribution >= 0.6 is 0 Å². The average Bonchev–Trinajstić information content (AvgIpc) is 3.10. The number of hydrogen-bond acceptors (Lipinski definition) is 6. The fraction of sp³-hybridized carbons (Fsp3) is 0.294. The summed E-state index contributed by atoms with van der Waals surface area (Å²) in [5, 5.41) is 10.3. The summed E-state index contributed by atoms with van der Waals surface area (Å²) in [4.78, 5) is 8.53. The lowest BCUT2D eigenvalue weighted by Gasteiger charge is -2.43. The van der Waals surface area contributed by atoms with Crippen molar-refractivity contribution < 1.29 is 13.2 Å². The molecule has 2 aromatic heterocycles. The van der Waals surface area contributed by atoms with Gasteiger partial charge in [0, 0.05) is 12.4 Å². The third-order valence-electron chi connectivity index (χ3n) is 4.41. The van der Waals surface area contributed by atoms with Gasteiger partial charge in [0.25, 0.3) is 11.8 Å². The molecule has 25 heavy (non-hydrogen) atoms. The van der Waals surface area contributed by atoms with Crippen molar-refractivity contribution in [2.75, 3.05) is 5.32 Å². The van der Waals surface area contributed by atoms with Crippen LogP contribution in [-0.4, -0.2) is 20.2 Å². The van der Waals surface area contributed by atoms with Gasteiger partial charge in [-0.25, -0.2) is 9.97 Å². The average molecular weight is 343 g/mol. The molecule has 0 atom stereocenters. The van der Waals surface area contributed by atoms with E-state index in [2.05, 4.69) is 37.6 Å². The summed E-state index contributed by atoms with van der Waals surface area (Å²) in [5.41, 5.74) is 1.44. The zero-order valence-corrected chi connectivity index (χ0v) is 13.2. The van der Waals surface area contributed by atoms with Crippen LogP contribution < -0.4 is 5.32 Å². The Morgan fingerprint density at radius 1 is 1.04 bits per heavy atom. The molecule has 0 saturated heterocycles. The molecule has 8 heteroatoms. The quantitative estimate of drug-likeness (QED) is 0.756. The van der Waals surface area contributed by atoms with E-state index in [1.807, 2.05) is 18.2 Å². The van der Waals surface area contributed by atoms with Crippen molar-refractivity contribution in [3.63, 3.8) is 0 Å². The Morgan fingerprint density at radius 3 is 2.32 bits per heavy atom. The van der Waals surface area contributed by atoms with Gasteiger partial charge in [-0.3, -0.25) is 0 Å². The van der Waals surface area contributed by atoms with Gasteiger partial charge < -0.3 is 9.73 Å². The van der Waals surface area contributed by atoms with Crippen molar-refractivity contribution in [1.29, 1.82) is 0 Å². The number of hydrogen-bond donors (Lipinski definition) is 1. The van der Waals surface area contributed by atoms with E-state index in [1.54, 1.807) is 0 Å². The fourth-order valence-corrected chi connectivity index (χ4v) is 2.93. The molecule has 0 unspecified atom stereocenters. The van der Waals surface area contributed by atoms with Crippen molar-refractivity contribution >= 4 is 5.95 Å². The molecule has 128 valence electrons. The van der Waals surface area contributed by atoms with Crippen LogP contribution in [0.4, 0.5) is 14.7 Å². The molecule has 0 spiro atoms. The van der Waals surface area contributed by atoms with Gasteiger partial charge in [-0.1, -0.05) is 30.3 Å². The molecule has 2 heterocycles. The van der Waals surface area contributed by atoms with Gasteiger partial charge in [0.05, 0.1) is 11.1 Å². The summed E-state index contributed by atoms with van der Waals surface area (Å²) >= 11 is 0. The highest BCUT2D eigenvalue weighted by atomic mass is 19.3. The topological polar surface area (TPSA) is 76.7 Å². The highest BCUT2D eigenvalue weighted by Gasteiger charge is 2.39. The van der Waals surface area contributed by atoms with Crippen LogP contribution in [-0.2, 0) is 5.54 Å². The van der Waals surface area contributed by atoms with E-state index < -0.39 is 12.3 Å². The molecule has 4 rings (SSSR count). The monoisotopic (exact) mass is 343 g/mol. The van der Waals surface area contributed by atoms with Gasteiger partial charge >= 0.3 is 6.43 Å². The van der Waals surface area contributed by atoms with E-state index in [0.29, 0.717) is 11.5 Å². The maximum absolute atomic E-state index is 12.5. The first-order chi connectivity index (χ1) is 12.2. The normalized spacial score (nSPS) is 15.8. The number of rotatable bonds is 5. The van der Waals surface area contributed by atoms with Gasteiger partial charge in [-0.2, -0.15) is 8.78 Å². The molecule has 3 aromatic rings. The Labute approximate surface area is 142 Å². The smallest absolute Gasteiger partial charge is 0.314 e. The number of nitrogens with one attached hydrogen (secondary N) is 1. The predicted octanol–water partition coefficient (Wildman–Crippen LogP) is 3.96. The molecular formula is C17H15F2N5O. The van der Waals surface area contributed by atoms with Crippen LogP contribution in [0.5, 0.6) is 0 Å². The fourth-order valence-electron chi connectivity index (χ4n) is 2.93. The van der Waals surface area contributed by atoms with Crippen LogP contribution in [0.15, 0.2) is 47.1 Å². The van der Waals surface area contributed by atoms with Gasteiger partial charge in [0.15, 0.2) is 0 Å². The second-order valence-corrected chi connectivity index (χ2v) is 5.97. The molecule has 1 aliphatic rings. The van der Waals surface area contributed by atoms with Crippen molar-refractivity contribution in [3.8, 4) is 11.5 Å². The number of anilines is 1. The highest BCUT2D eigenvalue weighted by Crippen LogP contribution is 2.43. The van der Waals surface area contributed by atoms with Crippen LogP contribution in [0.2, 0.25) is 0 Å². The SMILES string of the molecule is FC(F)c1nnc(-c2cnc(NC3(c4ccccc4)CCC3)nc2)o1. The second kappa shape index (κ2) is 6.19. The van der Waals surface area contributed by atoms with Gasteiger partial charge in [0.1, 0.15) is 0 Å². The molecule has 0 radical (unpaired) electrons. The molecule has 1 aromatic carbocycles. The summed E-state index contributed by atoms with van der Waals surface area (Å²) in [7, 11) is 0. The minimum Gasteiger partial charge on any atom is -0.415 e. The molecular weight excluding hydrogens is 328 g/mol. The molecule has 1 fully saturated rings. The lowest BCUT2D eigenvalue weighted by Crippen LogP contribution is -2.42. The standard InChI is InChI=1S/C17H15F2N5O/c18-13(19)15-24-23-14(25-15)11-9-20-16(21-10-11)22-17(7-4-8-17)12-5-2-1-3-6-12/h1-3,5-6,9-10,13H,4,7-8H2,(H,20,21,22). The number of benzene rings is 1. The largest absolute Gasteiger partial charge is 0.415 e. The van der Waals surface area contributed by atoms with Crippen LogP contribution in [0.3, 0.4) is 0 Å². The molecule has 0 bridgehead atoms. The lowest BCUT2D eigenvalue weighted by atomic mass is 9.72. The second-order valence-electron chi connectivity index (χ2n) is 5.97.